The lowest BCUT2D eigenvalue weighted by atomic mass is 10.3. The van der Waals surface area contributed by atoms with Gasteiger partial charge in [-0.15, -0.1) is 0 Å². The van der Waals surface area contributed by atoms with E-state index in [1.165, 1.54) is 67.8 Å². The van der Waals surface area contributed by atoms with Crippen molar-refractivity contribution in [2.75, 3.05) is 10.8 Å². The van der Waals surface area contributed by atoms with Crippen molar-refractivity contribution in [2.45, 2.75) is 9.79 Å². The summed E-state index contributed by atoms with van der Waals surface area (Å²) in [4.78, 5) is -0.286. The normalized spacial score (nSPS) is 11.7. The van der Waals surface area contributed by atoms with Crippen LogP contribution in [-0.4, -0.2) is 23.9 Å². The summed E-state index contributed by atoms with van der Waals surface area (Å²) in [6.07, 6.45) is 0. The quantitative estimate of drug-likeness (QED) is 0.631. The van der Waals surface area contributed by atoms with Gasteiger partial charge in [0, 0.05) is 0 Å². The zero-order valence-electron chi connectivity index (χ0n) is 14.4. The Kier molecular flexibility index (Phi) is 5.20. The number of nitrogens with zero attached hydrogens (tertiary/aromatic N) is 1. The molecule has 0 fully saturated rings. The molecule has 3 rings (SSSR count). The van der Waals surface area contributed by atoms with E-state index < -0.39 is 20.0 Å². The van der Waals surface area contributed by atoms with Gasteiger partial charge in [-0.25, -0.2) is 16.8 Å². The molecule has 0 aliphatic rings. The molecule has 27 heavy (non-hydrogen) atoms. The van der Waals surface area contributed by atoms with Gasteiger partial charge in [-0.05, 0) is 36.4 Å². The summed E-state index contributed by atoms with van der Waals surface area (Å²) in [5, 5.41) is 0. The van der Waals surface area contributed by atoms with Crippen molar-refractivity contribution in [3.05, 3.63) is 84.9 Å². The maximum Gasteiger partial charge on any atom is 0.277 e. The maximum absolute atomic E-state index is 13.3. The zero-order chi connectivity index (χ0) is 19.5. The molecule has 0 aliphatic heterocycles. The summed E-state index contributed by atoms with van der Waals surface area (Å²) in [7, 11) is -7.51. The molecule has 6 nitrogen and oxygen atoms in total. The van der Waals surface area contributed by atoms with E-state index >= 15 is 0 Å². The third-order valence-electron chi connectivity index (χ3n) is 3.80. The van der Waals surface area contributed by atoms with Gasteiger partial charge in [-0.3, -0.25) is 0 Å². The van der Waals surface area contributed by atoms with E-state index in [4.69, 9.17) is 4.74 Å². The molecule has 0 N–H and O–H groups in total. The number of anilines is 1. The molecule has 3 aromatic carbocycles. The van der Waals surface area contributed by atoms with Crippen molar-refractivity contribution >= 4 is 25.7 Å². The minimum atomic E-state index is -4.43. The highest BCUT2D eigenvalue weighted by Crippen LogP contribution is 2.36. The highest BCUT2D eigenvalue weighted by Gasteiger charge is 2.38. The first-order valence-electron chi connectivity index (χ1n) is 7.92. The number of methoxy groups -OCH3 is 1. The number of rotatable bonds is 6. The Morgan fingerprint density at radius 1 is 0.630 bits per heavy atom. The van der Waals surface area contributed by atoms with Crippen LogP contribution in [0, 0.1) is 0 Å². The molecule has 0 amide bonds. The van der Waals surface area contributed by atoms with Gasteiger partial charge in [0.15, 0.2) is 0 Å². The molecule has 0 saturated carbocycles. The Bertz CT molecular complexity index is 1060. The summed E-state index contributed by atoms with van der Waals surface area (Å²) in [6, 6.07) is 20.9. The highest BCUT2D eigenvalue weighted by molar-refractivity contribution is 8.10. The second-order valence-electron chi connectivity index (χ2n) is 5.51. The van der Waals surface area contributed by atoms with E-state index in [1.807, 2.05) is 0 Å². The second-order valence-corrected chi connectivity index (χ2v) is 9.31. The van der Waals surface area contributed by atoms with E-state index in [0.717, 1.165) is 0 Å². The van der Waals surface area contributed by atoms with Crippen LogP contribution in [0.2, 0.25) is 0 Å². The molecule has 3 aromatic rings. The number of sulfonamides is 2. The molecular formula is C19H17NO5S2. The molecule has 0 radical (unpaired) electrons. The number of ether oxygens (including phenoxy) is 1. The van der Waals surface area contributed by atoms with Crippen LogP contribution in [0.25, 0.3) is 0 Å². The Labute approximate surface area is 158 Å². The topological polar surface area (TPSA) is 80.8 Å². The van der Waals surface area contributed by atoms with Crippen LogP contribution >= 0.6 is 0 Å². The molecule has 8 heteroatoms. The summed E-state index contributed by atoms with van der Waals surface area (Å²) in [6.45, 7) is 0. The Hall–Kier alpha value is -2.84. The van der Waals surface area contributed by atoms with Crippen LogP contribution in [0.1, 0.15) is 0 Å². The van der Waals surface area contributed by atoms with Gasteiger partial charge in [0.2, 0.25) is 0 Å². The van der Waals surface area contributed by atoms with Crippen LogP contribution in [0.4, 0.5) is 5.69 Å². The molecule has 0 atom stereocenters. The van der Waals surface area contributed by atoms with E-state index in [2.05, 4.69) is 0 Å². The predicted octanol–water partition coefficient (Wildman–Crippen LogP) is 3.28. The van der Waals surface area contributed by atoms with Crippen molar-refractivity contribution in [3.8, 4) is 5.75 Å². The molecule has 140 valence electrons. The van der Waals surface area contributed by atoms with Crippen molar-refractivity contribution in [1.82, 2.24) is 0 Å². The first-order chi connectivity index (χ1) is 12.9. The number of hydrogen-bond acceptors (Lipinski definition) is 5. The molecule has 0 unspecified atom stereocenters. The fourth-order valence-electron chi connectivity index (χ4n) is 2.55. The van der Waals surface area contributed by atoms with E-state index in [0.29, 0.717) is 3.71 Å². The maximum atomic E-state index is 13.3. The van der Waals surface area contributed by atoms with Gasteiger partial charge < -0.3 is 4.74 Å². The average molecular weight is 403 g/mol. The lowest BCUT2D eigenvalue weighted by Gasteiger charge is -2.25. The van der Waals surface area contributed by atoms with Crippen molar-refractivity contribution < 1.29 is 21.6 Å². The van der Waals surface area contributed by atoms with Gasteiger partial charge in [0.05, 0.1) is 16.9 Å². The average Bonchev–Trinajstić information content (AvgIpc) is 2.69. The standard InChI is InChI=1S/C19H17NO5S2/c1-25-19-15-9-8-14-18(19)20(26(21,22)16-10-4-2-5-11-16)27(23,24)17-12-6-3-7-13-17/h2-15H,1H3. The van der Waals surface area contributed by atoms with Gasteiger partial charge >= 0.3 is 0 Å². The molecule has 0 spiro atoms. The summed E-state index contributed by atoms with van der Waals surface area (Å²) < 4.78 is 58.9. The lowest BCUT2D eigenvalue weighted by molar-refractivity contribution is 0.416. The van der Waals surface area contributed by atoms with Crippen LogP contribution in [0.5, 0.6) is 5.75 Å². The first kappa shape index (κ1) is 18.9. The Morgan fingerprint density at radius 2 is 1.04 bits per heavy atom. The summed E-state index contributed by atoms with van der Waals surface area (Å²) in [5.41, 5.74) is -0.0901. The monoisotopic (exact) mass is 403 g/mol. The van der Waals surface area contributed by atoms with Crippen molar-refractivity contribution in [2.24, 2.45) is 0 Å². The SMILES string of the molecule is COc1ccccc1N(S(=O)(=O)c1ccccc1)S(=O)(=O)c1ccccc1. The van der Waals surface area contributed by atoms with Gasteiger partial charge in [-0.2, -0.15) is 3.71 Å². The molecule has 0 saturated heterocycles. The van der Waals surface area contributed by atoms with Crippen LogP contribution < -0.4 is 8.45 Å². The highest BCUT2D eigenvalue weighted by atomic mass is 32.3. The third kappa shape index (κ3) is 3.54. The van der Waals surface area contributed by atoms with E-state index in [-0.39, 0.29) is 21.2 Å². The molecule has 0 heterocycles. The molecule has 0 aliphatic carbocycles. The summed E-state index contributed by atoms with van der Waals surface area (Å²) >= 11 is 0. The van der Waals surface area contributed by atoms with E-state index in [1.54, 1.807) is 24.3 Å². The van der Waals surface area contributed by atoms with Crippen molar-refractivity contribution in [3.63, 3.8) is 0 Å². The van der Waals surface area contributed by atoms with Gasteiger partial charge in [0.1, 0.15) is 11.4 Å². The van der Waals surface area contributed by atoms with E-state index in [9.17, 15) is 16.8 Å². The Balaban J connectivity index is 2.32. The predicted molar refractivity (Wildman–Crippen MR) is 103 cm³/mol. The number of benzene rings is 3. The van der Waals surface area contributed by atoms with Gasteiger partial charge in [-0.1, -0.05) is 48.5 Å². The lowest BCUT2D eigenvalue weighted by Crippen LogP contribution is -2.37. The molecule has 0 aromatic heterocycles. The van der Waals surface area contributed by atoms with Crippen LogP contribution in [0.3, 0.4) is 0 Å². The largest absolute Gasteiger partial charge is 0.495 e. The number of hydrogen-bond donors (Lipinski definition) is 0. The molecular weight excluding hydrogens is 386 g/mol. The van der Waals surface area contributed by atoms with Crippen LogP contribution in [-0.2, 0) is 20.0 Å². The Morgan fingerprint density at radius 3 is 1.48 bits per heavy atom. The number of para-hydroxylation sites is 2. The first-order valence-corrected chi connectivity index (χ1v) is 10.8. The molecule has 0 bridgehead atoms. The zero-order valence-corrected chi connectivity index (χ0v) is 16.0. The summed E-state index contributed by atoms with van der Waals surface area (Å²) in [5.74, 6) is 0.122. The van der Waals surface area contributed by atoms with Crippen LogP contribution in [0.15, 0.2) is 94.7 Å². The minimum Gasteiger partial charge on any atom is -0.495 e. The fourth-order valence-corrected chi connectivity index (χ4v) is 6.30. The minimum absolute atomic E-state index is 0.0901. The third-order valence-corrected chi connectivity index (χ3v) is 7.98. The second kappa shape index (κ2) is 7.42. The fraction of sp³-hybridized carbons (Fsp3) is 0.0526. The van der Waals surface area contributed by atoms with Crippen molar-refractivity contribution in [1.29, 1.82) is 0 Å². The van der Waals surface area contributed by atoms with Gasteiger partial charge in [0.25, 0.3) is 20.0 Å². The smallest absolute Gasteiger partial charge is 0.277 e.